The second-order valence-corrected chi connectivity index (χ2v) is 5.89. The average Bonchev–Trinajstić information content (AvgIpc) is 2.49. The van der Waals surface area contributed by atoms with E-state index in [1.807, 2.05) is 0 Å². The molecule has 21 heavy (non-hydrogen) atoms. The molecule has 110 valence electrons. The maximum absolute atomic E-state index is 12.3. The van der Waals surface area contributed by atoms with E-state index in [9.17, 15) is 9.00 Å². The Balaban J connectivity index is 2.17. The number of hydrogen-bond acceptors (Lipinski definition) is 4. The van der Waals surface area contributed by atoms with Gasteiger partial charge in [-0.25, -0.2) is 0 Å². The van der Waals surface area contributed by atoms with Gasteiger partial charge >= 0.3 is 0 Å². The van der Waals surface area contributed by atoms with Gasteiger partial charge in [0.05, 0.1) is 23.7 Å². The summed E-state index contributed by atoms with van der Waals surface area (Å²) in [5, 5.41) is 0. The van der Waals surface area contributed by atoms with Crippen LogP contribution in [-0.4, -0.2) is 17.2 Å². The Bertz CT molecular complexity index is 684. The molecule has 0 fully saturated rings. The lowest BCUT2D eigenvalue weighted by Crippen LogP contribution is -2.12. The number of anilines is 1. The monoisotopic (exact) mass is 304 g/mol. The summed E-state index contributed by atoms with van der Waals surface area (Å²) in [5.41, 5.74) is 12.5. The summed E-state index contributed by atoms with van der Waals surface area (Å²) in [6, 6.07) is 11.8. The third-order valence-electron chi connectivity index (χ3n) is 3.04. The minimum Gasteiger partial charge on any atom is -0.497 e. The van der Waals surface area contributed by atoms with E-state index in [-0.39, 0.29) is 5.75 Å². The Kier molecular flexibility index (Phi) is 4.59. The molecule has 0 heterocycles. The van der Waals surface area contributed by atoms with Crippen LogP contribution in [-0.2, 0) is 16.6 Å². The van der Waals surface area contributed by atoms with Gasteiger partial charge in [0.25, 0.3) is 0 Å². The molecule has 0 saturated carbocycles. The highest BCUT2D eigenvalue weighted by atomic mass is 32.2. The molecular formula is C15H16N2O3S. The van der Waals surface area contributed by atoms with Gasteiger partial charge in [0.15, 0.2) is 0 Å². The molecule has 0 aliphatic heterocycles. The minimum absolute atomic E-state index is 0.275. The van der Waals surface area contributed by atoms with Gasteiger partial charge < -0.3 is 16.2 Å². The highest BCUT2D eigenvalue weighted by Gasteiger charge is 2.10. The highest BCUT2D eigenvalue weighted by molar-refractivity contribution is 7.84. The van der Waals surface area contributed by atoms with Crippen LogP contribution in [0.15, 0.2) is 47.4 Å². The molecule has 0 aliphatic rings. The molecular weight excluding hydrogens is 288 g/mol. The van der Waals surface area contributed by atoms with Crippen LogP contribution in [0.5, 0.6) is 5.75 Å². The molecule has 2 rings (SSSR count). The van der Waals surface area contributed by atoms with Crippen LogP contribution in [0.1, 0.15) is 15.9 Å². The lowest BCUT2D eigenvalue weighted by Gasteiger charge is -2.08. The van der Waals surface area contributed by atoms with Crippen molar-refractivity contribution in [1.82, 2.24) is 0 Å². The van der Waals surface area contributed by atoms with Crippen molar-refractivity contribution in [2.24, 2.45) is 5.73 Å². The normalized spacial score (nSPS) is 11.9. The van der Waals surface area contributed by atoms with E-state index < -0.39 is 16.7 Å². The molecule has 1 amide bonds. The quantitative estimate of drug-likeness (QED) is 0.822. The van der Waals surface area contributed by atoms with Crippen LogP contribution in [0.4, 0.5) is 5.69 Å². The minimum atomic E-state index is -1.22. The van der Waals surface area contributed by atoms with Gasteiger partial charge in [-0.2, -0.15) is 0 Å². The molecule has 2 aromatic carbocycles. The molecule has 1 unspecified atom stereocenters. The fraction of sp³-hybridized carbons (Fsp3) is 0.133. The number of nitrogen functional groups attached to an aromatic ring is 1. The van der Waals surface area contributed by atoms with E-state index in [2.05, 4.69) is 0 Å². The molecule has 0 spiro atoms. The summed E-state index contributed by atoms with van der Waals surface area (Å²) in [6.45, 7) is 0. The van der Waals surface area contributed by atoms with E-state index in [0.29, 0.717) is 27.5 Å². The first-order valence-corrected chi connectivity index (χ1v) is 7.54. The fourth-order valence-corrected chi connectivity index (χ4v) is 2.98. The third-order valence-corrected chi connectivity index (χ3v) is 4.41. The van der Waals surface area contributed by atoms with Crippen molar-refractivity contribution < 1.29 is 13.7 Å². The molecule has 0 aromatic heterocycles. The summed E-state index contributed by atoms with van der Waals surface area (Å²) in [4.78, 5) is 11.8. The fourth-order valence-electron chi connectivity index (χ4n) is 1.83. The van der Waals surface area contributed by atoms with Crippen LogP contribution in [0.25, 0.3) is 0 Å². The maximum atomic E-state index is 12.3. The van der Waals surface area contributed by atoms with Gasteiger partial charge in [-0.15, -0.1) is 0 Å². The Morgan fingerprint density at radius 1 is 1.19 bits per heavy atom. The molecule has 4 N–H and O–H groups in total. The molecule has 6 heteroatoms. The number of hydrogen-bond donors (Lipinski definition) is 2. The predicted octanol–water partition coefficient (Wildman–Crippen LogP) is 1.68. The van der Waals surface area contributed by atoms with Crippen LogP contribution in [0, 0.1) is 0 Å². The van der Waals surface area contributed by atoms with Crippen molar-refractivity contribution in [2.75, 3.05) is 12.8 Å². The first kappa shape index (κ1) is 15.1. The number of methoxy groups -OCH3 is 1. The van der Waals surface area contributed by atoms with Gasteiger partial charge in [0, 0.05) is 16.1 Å². The van der Waals surface area contributed by atoms with Gasteiger partial charge in [-0.3, -0.25) is 9.00 Å². The van der Waals surface area contributed by atoms with E-state index in [4.69, 9.17) is 16.2 Å². The highest BCUT2D eigenvalue weighted by Crippen LogP contribution is 2.20. The molecule has 0 saturated heterocycles. The smallest absolute Gasteiger partial charge is 0.248 e. The molecule has 2 aromatic rings. The number of carbonyl (C=O) groups is 1. The van der Waals surface area contributed by atoms with Gasteiger partial charge in [0.2, 0.25) is 5.91 Å². The topological polar surface area (TPSA) is 95.4 Å². The van der Waals surface area contributed by atoms with Gasteiger partial charge in [0.1, 0.15) is 5.75 Å². The number of benzene rings is 2. The lowest BCUT2D eigenvalue weighted by molar-refractivity contribution is 0.100. The van der Waals surface area contributed by atoms with Crippen molar-refractivity contribution in [2.45, 2.75) is 10.6 Å². The third kappa shape index (κ3) is 3.61. The standard InChI is InChI=1S/C15H16N2O3S/c1-20-12-4-6-13(7-5-12)21(19)9-11-3-2-10(15(17)18)8-14(11)16/h2-8H,9,16H2,1H3,(H2,17,18). The Morgan fingerprint density at radius 2 is 1.86 bits per heavy atom. The van der Waals surface area contributed by atoms with Crippen molar-refractivity contribution in [3.63, 3.8) is 0 Å². The zero-order valence-electron chi connectivity index (χ0n) is 11.5. The molecule has 1 atom stereocenters. The van der Waals surface area contributed by atoms with E-state index in [1.54, 1.807) is 43.5 Å². The summed E-state index contributed by atoms with van der Waals surface area (Å²) < 4.78 is 17.4. The lowest BCUT2D eigenvalue weighted by atomic mass is 10.1. The second kappa shape index (κ2) is 6.41. The Hall–Kier alpha value is -2.34. The van der Waals surface area contributed by atoms with Crippen LogP contribution >= 0.6 is 0 Å². The van der Waals surface area contributed by atoms with Crippen molar-refractivity contribution in [1.29, 1.82) is 0 Å². The number of primary amides is 1. The van der Waals surface area contributed by atoms with Crippen LogP contribution < -0.4 is 16.2 Å². The zero-order chi connectivity index (χ0) is 15.4. The Labute approximate surface area is 125 Å². The largest absolute Gasteiger partial charge is 0.497 e. The summed E-state index contributed by atoms with van der Waals surface area (Å²) in [5.74, 6) is 0.447. The van der Waals surface area contributed by atoms with E-state index in [1.165, 1.54) is 6.07 Å². The van der Waals surface area contributed by atoms with Crippen molar-refractivity contribution in [3.8, 4) is 5.75 Å². The second-order valence-electron chi connectivity index (χ2n) is 4.44. The summed E-state index contributed by atoms with van der Waals surface area (Å²) in [7, 11) is 0.352. The SMILES string of the molecule is COc1ccc(S(=O)Cc2ccc(C(N)=O)cc2N)cc1. The van der Waals surface area contributed by atoms with Crippen LogP contribution in [0.2, 0.25) is 0 Å². The summed E-state index contributed by atoms with van der Waals surface area (Å²) in [6.07, 6.45) is 0. The number of carbonyl (C=O) groups excluding carboxylic acids is 1. The van der Waals surface area contributed by atoms with Crippen LogP contribution in [0.3, 0.4) is 0 Å². The molecule has 0 radical (unpaired) electrons. The number of amides is 1. The van der Waals surface area contributed by atoms with E-state index in [0.717, 1.165) is 0 Å². The van der Waals surface area contributed by atoms with Gasteiger partial charge in [-0.1, -0.05) is 6.07 Å². The maximum Gasteiger partial charge on any atom is 0.248 e. The molecule has 5 nitrogen and oxygen atoms in total. The predicted molar refractivity (Wildman–Crippen MR) is 82.5 cm³/mol. The zero-order valence-corrected chi connectivity index (χ0v) is 12.4. The molecule has 0 bridgehead atoms. The summed E-state index contributed by atoms with van der Waals surface area (Å²) >= 11 is 0. The number of nitrogens with two attached hydrogens (primary N) is 2. The first-order chi connectivity index (χ1) is 10.0. The average molecular weight is 304 g/mol. The van der Waals surface area contributed by atoms with Crippen molar-refractivity contribution in [3.05, 3.63) is 53.6 Å². The number of rotatable bonds is 5. The van der Waals surface area contributed by atoms with Gasteiger partial charge in [-0.05, 0) is 42.0 Å². The number of ether oxygens (including phenoxy) is 1. The van der Waals surface area contributed by atoms with Crippen molar-refractivity contribution >= 4 is 22.4 Å². The Morgan fingerprint density at radius 3 is 2.38 bits per heavy atom. The van der Waals surface area contributed by atoms with E-state index >= 15 is 0 Å². The molecule has 0 aliphatic carbocycles. The first-order valence-electron chi connectivity index (χ1n) is 6.22.